The molecule has 2 fully saturated rings. The first kappa shape index (κ1) is 10.4. The first-order chi connectivity index (χ1) is 7.84. The van der Waals surface area contributed by atoms with Crippen molar-refractivity contribution in [3.63, 3.8) is 0 Å². The molecule has 1 atom stereocenters. The number of hydrogen-bond acceptors (Lipinski definition) is 3. The number of ether oxygens (including phenoxy) is 2. The molecule has 1 unspecified atom stereocenters. The first-order valence-electron chi connectivity index (χ1n) is 5.58. The SMILES string of the molecule is Clc1ccc(C2CO2)cc1N1CCOCC1. The molecule has 0 amide bonds. The zero-order valence-corrected chi connectivity index (χ0v) is 9.74. The molecule has 0 radical (unpaired) electrons. The average Bonchev–Trinajstić information content (AvgIpc) is 3.15. The normalized spacial score (nSPS) is 24.6. The zero-order chi connectivity index (χ0) is 11.0. The van der Waals surface area contributed by atoms with Crippen LogP contribution >= 0.6 is 11.6 Å². The van der Waals surface area contributed by atoms with Gasteiger partial charge in [0.15, 0.2) is 0 Å². The number of morpholine rings is 1. The molecule has 2 aliphatic heterocycles. The van der Waals surface area contributed by atoms with Crippen LogP contribution in [-0.2, 0) is 9.47 Å². The molecule has 86 valence electrons. The van der Waals surface area contributed by atoms with E-state index in [9.17, 15) is 0 Å². The Balaban J connectivity index is 1.88. The van der Waals surface area contributed by atoms with Gasteiger partial charge in [0.1, 0.15) is 6.10 Å². The number of benzene rings is 1. The molecule has 2 aliphatic rings. The van der Waals surface area contributed by atoms with Crippen molar-refractivity contribution in [1.82, 2.24) is 0 Å². The van der Waals surface area contributed by atoms with Crippen molar-refractivity contribution in [3.05, 3.63) is 28.8 Å². The van der Waals surface area contributed by atoms with E-state index in [0.29, 0.717) is 0 Å². The monoisotopic (exact) mass is 239 g/mol. The minimum Gasteiger partial charge on any atom is -0.378 e. The van der Waals surface area contributed by atoms with Crippen molar-refractivity contribution in [1.29, 1.82) is 0 Å². The van der Waals surface area contributed by atoms with Crippen LogP contribution < -0.4 is 4.90 Å². The molecule has 0 N–H and O–H groups in total. The number of rotatable bonds is 2. The third kappa shape index (κ3) is 2.03. The third-order valence-corrected chi connectivity index (χ3v) is 3.35. The second-order valence-electron chi connectivity index (χ2n) is 4.13. The largest absolute Gasteiger partial charge is 0.378 e. The molecule has 0 spiro atoms. The van der Waals surface area contributed by atoms with Gasteiger partial charge in [0.2, 0.25) is 0 Å². The van der Waals surface area contributed by atoms with Crippen LogP contribution in [-0.4, -0.2) is 32.9 Å². The predicted octanol–water partition coefficient (Wildman–Crippen LogP) is 2.25. The van der Waals surface area contributed by atoms with Gasteiger partial charge in [0.05, 0.1) is 30.5 Å². The van der Waals surface area contributed by atoms with E-state index in [1.54, 1.807) is 0 Å². The van der Waals surface area contributed by atoms with Crippen molar-refractivity contribution in [2.75, 3.05) is 37.8 Å². The highest BCUT2D eigenvalue weighted by Crippen LogP contribution is 2.35. The number of epoxide rings is 1. The van der Waals surface area contributed by atoms with Gasteiger partial charge in [-0.1, -0.05) is 17.7 Å². The Hall–Kier alpha value is -0.770. The van der Waals surface area contributed by atoms with E-state index in [1.807, 2.05) is 12.1 Å². The van der Waals surface area contributed by atoms with Crippen LogP contribution in [0.15, 0.2) is 18.2 Å². The fraction of sp³-hybridized carbons (Fsp3) is 0.500. The molecule has 1 aromatic rings. The highest BCUT2D eigenvalue weighted by atomic mass is 35.5. The Morgan fingerprint density at radius 3 is 2.69 bits per heavy atom. The molecule has 3 rings (SSSR count). The van der Waals surface area contributed by atoms with Gasteiger partial charge in [-0.05, 0) is 17.7 Å². The summed E-state index contributed by atoms with van der Waals surface area (Å²) in [6.45, 7) is 4.22. The number of nitrogens with zero attached hydrogens (tertiary/aromatic N) is 1. The summed E-state index contributed by atoms with van der Waals surface area (Å²) in [6.07, 6.45) is 0.289. The second-order valence-corrected chi connectivity index (χ2v) is 4.54. The van der Waals surface area contributed by atoms with Crippen LogP contribution in [0.1, 0.15) is 11.7 Å². The van der Waals surface area contributed by atoms with Crippen LogP contribution in [0.4, 0.5) is 5.69 Å². The lowest BCUT2D eigenvalue weighted by molar-refractivity contribution is 0.122. The van der Waals surface area contributed by atoms with Gasteiger partial charge >= 0.3 is 0 Å². The Morgan fingerprint density at radius 1 is 1.25 bits per heavy atom. The minimum absolute atomic E-state index is 0.289. The summed E-state index contributed by atoms with van der Waals surface area (Å²) in [4.78, 5) is 2.28. The molecule has 1 aromatic carbocycles. The lowest BCUT2D eigenvalue weighted by Crippen LogP contribution is -2.36. The quantitative estimate of drug-likeness (QED) is 0.740. The van der Waals surface area contributed by atoms with Crippen LogP contribution in [0.3, 0.4) is 0 Å². The van der Waals surface area contributed by atoms with Gasteiger partial charge in [-0.2, -0.15) is 0 Å². The zero-order valence-electron chi connectivity index (χ0n) is 8.99. The van der Waals surface area contributed by atoms with Crippen LogP contribution in [0.5, 0.6) is 0 Å². The molecule has 0 bridgehead atoms. The Morgan fingerprint density at radius 2 is 2.00 bits per heavy atom. The second kappa shape index (κ2) is 4.24. The Bertz CT molecular complexity index is 387. The van der Waals surface area contributed by atoms with Gasteiger partial charge in [0.25, 0.3) is 0 Å². The van der Waals surface area contributed by atoms with Crippen molar-refractivity contribution >= 4 is 17.3 Å². The predicted molar refractivity (Wildman–Crippen MR) is 63.2 cm³/mol. The van der Waals surface area contributed by atoms with Gasteiger partial charge in [-0.15, -0.1) is 0 Å². The lowest BCUT2D eigenvalue weighted by atomic mass is 10.1. The van der Waals surface area contributed by atoms with E-state index in [-0.39, 0.29) is 6.10 Å². The fourth-order valence-corrected chi connectivity index (χ4v) is 2.25. The summed E-state index contributed by atoms with van der Waals surface area (Å²) in [5, 5.41) is 0.811. The van der Waals surface area contributed by atoms with Crippen LogP contribution in [0, 0.1) is 0 Å². The average molecular weight is 240 g/mol. The van der Waals surface area contributed by atoms with E-state index >= 15 is 0 Å². The van der Waals surface area contributed by atoms with Crippen molar-refractivity contribution < 1.29 is 9.47 Å². The highest BCUT2D eigenvalue weighted by Gasteiger charge is 2.26. The van der Waals surface area contributed by atoms with E-state index in [0.717, 1.165) is 43.6 Å². The summed E-state index contributed by atoms with van der Waals surface area (Å²) in [5.74, 6) is 0. The van der Waals surface area contributed by atoms with Gasteiger partial charge in [-0.25, -0.2) is 0 Å². The van der Waals surface area contributed by atoms with E-state index in [4.69, 9.17) is 21.1 Å². The van der Waals surface area contributed by atoms with Gasteiger partial charge in [-0.3, -0.25) is 0 Å². The molecule has 2 saturated heterocycles. The standard InChI is InChI=1S/C12H14ClNO2/c13-10-2-1-9(12-8-16-12)7-11(10)14-3-5-15-6-4-14/h1-2,7,12H,3-6,8H2. The summed E-state index contributed by atoms with van der Waals surface area (Å²) in [5.41, 5.74) is 2.34. The smallest absolute Gasteiger partial charge is 0.106 e. The number of hydrogen-bond donors (Lipinski definition) is 0. The molecular weight excluding hydrogens is 226 g/mol. The molecule has 0 aliphatic carbocycles. The molecule has 4 heteroatoms. The Labute approximate surface area is 99.9 Å². The first-order valence-corrected chi connectivity index (χ1v) is 5.96. The Kier molecular flexibility index (Phi) is 2.75. The van der Waals surface area contributed by atoms with Crippen molar-refractivity contribution in [2.45, 2.75) is 6.10 Å². The number of halogens is 1. The highest BCUT2D eigenvalue weighted by molar-refractivity contribution is 6.33. The molecular formula is C12H14ClNO2. The van der Waals surface area contributed by atoms with E-state index < -0.39 is 0 Å². The van der Waals surface area contributed by atoms with E-state index in [1.165, 1.54) is 5.56 Å². The van der Waals surface area contributed by atoms with E-state index in [2.05, 4.69) is 11.0 Å². The molecule has 3 nitrogen and oxygen atoms in total. The summed E-state index contributed by atoms with van der Waals surface area (Å²) in [6, 6.07) is 6.15. The maximum absolute atomic E-state index is 6.23. The van der Waals surface area contributed by atoms with Gasteiger partial charge in [0, 0.05) is 13.1 Å². The summed E-state index contributed by atoms with van der Waals surface area (Å²) < 4.78 is 10.6. The summed E-state index contributed by atoms with van der Waals surface area (Å²) >= 11 is 6.23. The van der Waals surface area contributed by atoms with Gasteiger partial charge < -0.3 is 14.4 Å². The number of anilines is 1. The topological polar surface area (TPSA) is 25.0 Å². The maximum atomic E-state index is 6.23. The van der Waals surface area contributed by atoms with Crippen LogP contribution in [0.25, 0.3) is 0 Å². The fourth-order valence-electron chi connectivity index (χ4n) is 2.02. The molecule has 16 heavy (non-hydrogen) atoms. The molecule has 0 aromatic heterocycles. The molecule has 2 heterocycles. The maximum Gasteiger partial charge on any atom is 0.106 e. The lowest BCUT2D eigenvalue weighted by Gasteiger charge is -2.29. The third-order valence-electron chi connectivity index (χ3n) is 3.03. The summed E-state index contributed by atoms with van der Waals surface area (Å²) in [7, 11) is 0. The minimum atomic E-state index is 0.289. The molecule has 0 saturated carbocycles. The van der Waals surface area contributed by atoms with Crippen LogP contribution in [0.2, 0.25) is 5.02 Å². The van der Waals surface area contributed by atoms with Crippen molar-refractivity contribution in [3.8, 4) is 0 Å². The van der Waals surface area contributed by atoms with Crippen molar-refractivity contribution in [2.24, 2.45) is 0 Å².